The van der Waals surface area contributed by atoms with Crippen molar-refractivity contribution in [3.05, 3.63) is 48.0 Å². The minimum Gasteiger partial charge on any atom is -0.494 e. The number of hydrogen-bond acceptors (Lipinski definition) is 5. The molecule has 0 fully saturated rings. The number of anilines is 2. The van der Waals surface area contributed by atoms with E-state index in [9.17, 15) is 13.2 Å². The van der Waals surface area contributed by atoms with Gasteiger partial charge in [0.05, 0.1) is 17.2 Å². The van der Waals surface area contributed by atoms with Gasteiger partial charge in [-0.15, -0.1) is 0 Å². The number of fused-ring (bicyclic) bond motifs is 1. The Morgan fingerprint density at radius 1 is 1.18 bits per heavy atom. The molecule has 0 bridgehead atoms. The van der Waals surface area contributed by atoms with E-state index >= 15 is 0 Å². The summed E-state index contributed by atoms with van der Waals surface area (Å²) in [5.41, 5.74) is 2.12. The Hall–Kier alpha value is -2.58. The first-order chi connectivity index (χ1) is 13.4. The van der Waals surface area contributed by atoms with Gasteiger partial charge in [0.2, 0.25) is 0 Å². The zero-order valence-electron chi connectivity index (χ0n) is 16.0. The minimum atomic E-state index is -3.75. The molecule has 0 spiro atoms. The van der Waals surface area contributed by atoms with Crippen LogP contribution in [0.25, 0.3) is 0 Å². The molecule has 28 heavy (non-hydrogen) atoms. The van der Waals surface area contributed by atoms with E-state index in [0.717, 1.165) is 18.4 Å². The monoisotopic (exact) mass is 404 g/mol. The van der Waals surface area contributed by atoms with Gasteiger partial charge in [-0.2, -0.15) is 0 Å². The van der Waals surface area contributed by atoms with E-state index in [4.69, 9.17) is 9.47 Å². The molecule has 0 unspecified atom stereocenters. The standard InChI is InChI=1S/C20H24N2O5S/c1-3-12-27-17-6-8-18(9-7-17)28(24,25)21-16-5-4-15-10-11-22(19(15)13-16)20(23)14-26-2/h4-9,13,21H,3,10-12,14H2,1-2H3. The number of nitrogens with one attached hydrogen (secondary N) is 1. The van der Waals surface area contributed by atoms with Crippen LogP contribution in [0.1, 0.15) is 18.9 Å². The first-order valence-corrected chi connectivity index (χ1v) is 10.6. The Morgan fingerprint density at radius 3 is 2.61 bits per heavy atom. The Labute approximate surface area is 165 Å². The minimum absolute atomic E-state index is 0.0121. The summed E-state index contributed by atoms with van der Waals surface area (Å²) in [5, 5.41) is 0. The number of methoxy groups -OCH3 is 1. The highest BCUT2D eigenvalue weighted by Gasteiger charge is 2.25. The average Bonchev–Trinajstić information content (AvgIpc) is 3.10. The maximum Gasteiger partial charge on any atom is 0.261 e. The van der Waals surface area contributed by atoms with Crippen LogP contribution >= 0.6 is 0 Å². The van der Waals surface area contributed by atoms with Crippen molar-refractivity contribution in [1.29, 1.82) is 0 Å². The van der Waals surface area contributed by atoms with Gasteiger partial charge in [0.25, 0.3) is 15.9 Å². The summed E-state index contributed by atoms with van der Waals surface area (Å²) in [7, 11) is -2.28. The fraction of sp³-hybridized carbons (Fsp3) is 0.350. The highest BCUT2D eigenvalue weighted by Crippen LogP contribution is 2.32. The second kappa shape index (κ2) is 8.62. The maximum absolute atomic E-state index is 12.7. The number of nitrogens with zero attached hydrogens (tertiary/aromatic N) is 1. The van der Waals surface area contributed by atoms with Gasteiger partial charge in [0.1, 0.15) is 12.4 Å². The van der Waals surface area contributed by atoms with Crippen molar-refractivity contribution in [3.63, 3.8) is 0 Å². The summed E-state index contributed by atoms with van der Waals surface area (Å²) in [6.07, 6.45) is 1.61. The van der Waals surface area contributed by atoms with Gasteiger partial charge in [-0.1, -0.05) is 13.0 Å². The van der Waals surface area contributed by atoms with E-state index in [1.54, 1.807) is 29.2 Å². The van der Waals surface area contributed by atoms with E-state index in [-0.39, 0.29) is 17.4 Å². The van der Waals surface area contributed by atoms with Gasteiger partial charge in [0, 0.05) is 19.3 Å². The second-order valence-corrected chi connectivity index (χ2v) is 8.18. The summed E-state index contributed by atoms with van der Waals surface area (Å²) in [6.45, 7) is 3.13. The van der Waals surface area contributed by atoms with Crippen LogP contribution in [0.5, 0.6) is 5.75 Å². The van der Waals surface area contributed by atoms with Gasteiger partial charge in [-0.05, 0) is 54.8 Å². The number of carbonyl (C=O) groups is 1. The van der Waals surface area contributed by atoms with Crippen molar-refractivity contribution < 1.29 is 22.7 Å². The van der Waals surface area contributed by atoms with E-state index in [1.807, 2.05) is 13.0 Å². The lowest BCUT2D eigenvalue weighted by Gasteiger charge is -2.18. The largest absolute Gasteiger partial charge is 0.494 e. The van der Waals surface area contributed by atoms with Gasteiger partial charge in [0.15, 0.2) is 0 Å². The molecule has 1 aliphatic rings. The molecule has 8 heteroatoms. The fourth-order valence-electron chi connectivity index (χ4n) is 3.05. The normalized spacial score (nSPS) is 13.3. The molecule has 3 rings (SSSR count). The molecule has 0 radical (unpaired) electrons. The molecule has 0 aliphatic carbocycles. The third kappa shape index (κ3) is 4.45. The zero-order chi connectivity index (χ0) is 20.1. The van der Waals surface area contributed by atoms with Gasteiger partial charge >= 0.3 is 0 Å². The topological polar surface area (TPSA) is 84.9 Å². The molecule has 1 aliphatic heterocycles. The van der Waals surface area contributed by atoms with Crippen LogP contribution in [-0.2, 0) is 26.0 Å². The quantitative estimate of drug-likeness (QED) is 0.731. The van der Waals surface area contributed by atoms with E-state index in [0.29, 0.717) is 30.3 Å². The third-order valence-corrected chi connectivity index (χ3v) is 5.81. The van der Waals surface area contributed by atoms with Crippen LogP contribution in [0.4, 0.5) is 11.4 Å². The highest BCUT2D eigenvalue weighted by atomic mass is 32.2. The van der Waals surface area contributed by atoms with Crippen LogP contribution in [-0.4, -0.2) is 41.2 Å². The first-order valence-electron chi connectivity index (χ1n) is 9.12. The highest BCUT2D eigenvalue weighted by molar-refractivity contribution is 7.92. The molecule has 2 aromatic carbocycles. The van der Waals surface area contributed by atoms with Crippen LogP contribution in [0.15, 0.2) is 47.4 Å². The molecule has 1 heterocycles. The number of rotatable bonds is 8. The molecule has 2 aromatic rings. The lowest BCUT2D eigenvalue weighted by molar-refractivity contribution is -0.122. The Bertz CT molecular complexity index is 942. The number of ether oxygens (including phenoxy) is 2. The molecule has 0 aromatic heterocycles. The number of benzene rings is 2. The molecular formula is C20H24N2O5S. The molecule has 7 nitrogen and oxygen atoms in total. The molecule has 0 atom stereocenters. The number of carbonyl (C=O) groups excluding carboxylic acids is 1. The summed E-state index contributed by atoms with van der Waals surface area (Å²) in [5.74, 6) is 0.481. The lowest BCUT2D eigenvalue weighted by Crippen LogP contribution is -2.32. The van der Waals surface area contributed by atoms with Crippen LogP contribution in [0.3, 0.4) is 0 Å². The summed E-state index contributed by atoms with van der Waals surface area (Å²) in [4.78, 5) is 13.9. The summed E-state index contributed by atoms with van der Waals surface area (Å²) in [6, 6.07) is 11.5. The maximum atomic E-state index is 12.7. The second-order valence-electron chi connectivity index (χ2n) is 6.50. The van der Waals surface area contributed by atoms with Crippen LogP contribution in [0, 0.1) is 0 Å². The molecule has 0 saturated carbocycles. The first kappa shape index (κ1) is 20.2. The zero-order valence-corrected chi connectivity index (χ0v) is 16.8. The van der Waals surface area contributed by atoms with E-state index < -0.39 is 10.0 Å². The Kier molecular flexibility index (Phi) is 6.21. The fourth-order valence-corrected chi connectivity index (χ4v) is 4.10. The summed E-state index contributed by atoms with van der Waals surface area (Å²) < 4.78 is 38.4. The van der Waals surface area contributed by atoms with Crippen LogP contribution in [0.2, 0.25) is 0 Å². The van der Waals surface area contributed by atoms with Crippen molar-refractivity contribution in [1.82, 2.24) is 0 Å². The van der Waals surface area contributed by atoms with E-state index in [1.165, 1.54) is 19.2 Å². The van der Waals surface area contributed by atoms with Crippen molar-refractivity contribution >= 4 is 27.3 Å². The predicted molar refractivity (Wildman–Crippen MR) is 107 cm³/mol. The Balaban J connectivity index is 1.78. The third-order valence-electron chi connectivity index (χ3n) is 4.41. The molecule has 1 N–H and O–H groups in total. The van der Waals surface area contributed by atoms with Crippen molar-refractivity contribution in [2.45, 2.75) is 24.7 Å². The Morgan fingerprint density at radius 2 is 1.93 bits per heavy atom. The van der Waals surface area contributed by atoms with Gasteiger partial charge in [-0.25, -0.2) is 8.42 Å². The molecule has 0 saturated heterocycles. The van der Waals surface area contributed by atoms with Gasteiger partial charge < -0.3 is 14.4 Å². The van der Waals surface area contributed by atoms with E-state index in [2.05, 4.69) is 4.72 Å². The number of sulfonamides is 1. The predicted octanol–water partition coefficient (Wildman–Crippen LogP) is 2.81. The molecular weight excluding hydrogens is 380 g/mol. The number of amides is 1. The summed E-state index contributed by atoms with van der Waals surface area (Å²) >= 11 is 0. The van der Waals surface area contributed by atoms with Crippen molar-refractivity contribution in [3.8, 4) is 5.75 Å². The average molecular weight is 404 g/mol. The van der Waals surface area contributed by atoms with Crippen LogP contribution < -0.4 is 14.4 Å². The smallest absolute Gasteiger partial charge is 0.261 e. The molecule has 1 amide bonds. The van der Waals surface area contributed by atoms with Crippen molar-refractivity contribution in [2.75, 3.05) is 36.5 Å². The number of hydrogen-bond donors (Lipinski definition) is 1. The SMILES string of the molecule is CCCOc1ccc(S(=O)(=O)Nc2ccc3c(c2)N(C(=O)COC)CC3)cc1. The molecule has 150 valence electrons. The lowest BCUT2D eigenvalue weighted by atomic mass is 10.1. The van der Waals surface area contributed by atoms with Crippen molar-refractivity contribution in [2.24, 2.45) is 0 Å². The van der Waals surface area contributed by atoms with Gasteiger partial charge in [-0.3, -0.25) is 9.52 Å².